The number of nitrogens with one attached hydrogen (secondary N) is 1. The summed E-state index contributed by atoms with van der Waals surface area (Å²) in [6.07, 6.45) is 3.72. The first-order valence-electron chi connectivity index (χ1n) is 10.7. The highest BCUT2D eigenvalue weighted by Crippen LogP contribution is 2.30. The maximum Gasteiger partial charge on any atom is 0.339 e. The molecule has 1 amide bonds. The fourth-order valence-corrected chi connectivity index (χ4v) is 5.05. The zero-order valence-corrected chi connectivity index (χ0v) is 20.0. The SMILES string of the molecule is O=C(COC(=O)c1c2c(nc3ccccc13)CCCC2)Nc1nc(-c2ccc(Br)cc2)cs1. The van der Waals surface area contributed by atoms with Crippen LogP contribution in [-0.2, 0) is 22.4 Å². The van der Waals surface area contributed by atoms with Gasteiger partial charge in [0.15, 0.2) is 11.7 Å². The number of anilines is 1. The van der Waals surface area contributed by atoms with Gasteiger partial charge in [-0.2, -0.15) is 0 Å². The van der Waals surface area contributed by atoms with Crippen molar-refractivity contribution in [2.24, 2.45) is 0 Å². The van der Waals surface area contributed by atoms with Crippen molar-refractivity contribution in [3.05, 3.63) is 75.2 Å². The number of para-hydroxylation sites is 1. The highest BCUT2D eigenvalue weighted by molar-refractivity contribution is 9.10. The molecule has 0 unspecified atom stereocenters. The molecule has 33 heavy (non-hydrogen) atoms. The first kappa shape index (κ1) is 21.7. The van der Waals surface area contributed by atoms with E-state index in [2.05, 4.69) is 26.2 Å². The molecule has 6 nitrogen and oxygen atoms in total. The number of pyridine rings is 1. The lowest BCUT2D eigenvalue weighted by molar-refractivity contribution is -0.119. The number of ether oxygens (including phenoxy) is 1. The van der Waals surface area contributed by atoms with E-state index in [4.69, 9.17) is 9.72 Å². The van der Waals surface area contributed by atoms with Crippen molar-refractivity contribution in [2.45, 2.75) is 25.7 Å². The van der Waals surface area contributed by atoms with Gasteiger partial charge < -0.3 is 4.74 Å². The molecule has 1 N–H and O–H groups in total. The Labute approximate surface area is 203 Å². The molecule has 1 aliphatic rings. The molecular weight excluding hydrogens is 502 g/mol. The van der Waals surface area contributed by atoms with Gasteiger partial charge in [0.25, 0.3) is 5.91 Å². The van der Waals surface area contributed by atoms with Crippen LogP contribution in [0.2, 0.25) is 0 Å². The summed E-state index contributed by atoms with van der Waals surface area (Å²) in [5, 5.41) is 5.82. The van der Waals surface area contributed by atoms with Crippen molar-refractivity contribution < 1.29 is 14.3 Å². The second kappa shape index (κ2) is 9.41. The molecule has 0 saturated carbocycles. The van der Waals surface area contributed by atoms with Crippen LogP contribution in [0.25, 0.3) is 22.2 Å². The molecule has 2 heterocycles. The molecule has 0 radical (unpaired) electrons. The Morgan fingerprint density at radius 1 is 1.03 bits per heavy atom. The number of rotatable bonds is 5. The topological polar surface area (TPSA) is 81.2 Å². The maximum atomic E-state index is 13.1. The molecule has 0 saturated heterocycles. The number of benzene rings is 2. The van der Waals surface area contributed by atoms with E-state index in [0.717, 1.165) is 63.6 Å². The van der Waals surface area contributed by atoms with Crippen LogP contribution in [0.3, 0.4) is 0 Å². The van der Waals surface area contributed by atoms with Crippen LogP contribution in [-0.4, -0.2) is 28.5 Å². The van der Waals surface area contributed by atoms with Crippen molar-refractivity contribution in [1.29, 1.82) is 0 Å². The minimum absolute atomic E-state index is 0.378. The number of nitrogens with zero attached hydrogens (tertiary/aromatic N) is 2. The highest BCUT2D eigenvalue weighted by Gasteiger charge is 2.24. The monoisotopic (exact) mass is 521 g/mol. The molecule has 0 aliphatic heterocycles. The van der Waals surface area contributed by atoms with Crippen molar-refractivity contribution in [2.75, 3.05) is 11.9 Å². The number of amides is 1. The Balaban J connectivity index is 1.29. The van der Waals surface area contributed by atoms with Gasteiger partial charge in [-0.3, -0.25) is 15.1 Å². The summed E-state index contributed by atoms with van der Waals surface area (Å²) in [6, 6.07) is 15.4. The van der Waals surface area contributed by atoms with Crippen LogP contribution < -0.4 is 5.32 Å². The number of hydrogen-bond donors (Lipinski definition) is 1. The largest absolute Gasteiger partial charge is 0.452 e. The second-order valence-electron chi connectivity index (χ2n) is 7.81. The van der Waals surface area contributed by atoms with Crippen LogP contribution in [0.4, 0.5) is 5.13 Å². The Kier molecular flexibility index (Phi) is 6.20. The van der Waals surface area contributed by atoms with Gasteiger partial charge in [0, 0.05) is 26.5 Å². The third kappa shape index (κ3) is 4.67. The molecule has 166 valence electrons. The maximum absolute atomic E-state index is 13.1. The molecule has 0 bridgehead atoms. The van der Waals surface area contributed by atoms with Gasteiger partial charge in [0.2, 0.25) is 0 Å². The molecule has 1 aliphatic carbocycles. The Bertz CT molecular complexity index is 1350. The number of carbonyl (C=O) groups excluding carboxylic acids is 2. The van der Waals surface area contributed by atoms with Crippen molar-refractivity contribution in [3.8, 4) is 11.3 Å². The third-order valence-corrected chi connectivity index (χ3v) is 6.88. The van der Waals surface area contributed by atoms with E-state index in [0.29, 0.717) is 10.7 Å². The Morgan fingerprint density at radius 3 is 2.67 bits per heavy atom. The van der Waals surface area contributed by atoms with Gasteiger partial charge in [-0.15, -0.1) is 11.3 Å². The normalized spacial score (nSPS) is 12.9. The molecule has 0 spiro atoms. The smallest absolute Gasteiger partial charge is 0.339 e. The Morgan fingerprint density at radius 2 is 1.82 bits per heavy atom. The van der Waals surface area contributed by atoms with Crippen LogP contribution in [0, 0.1) is 0 Å². The average Bonchev–Trinajstić information content (AvgIpc) is 3.29. The second-order valence-corrected chi connectivity index (χ2v) is 9.58. The van der Waals surface area contributed by atoms with Crippen molar-refractivity contribution in [1.82, 2.24) is 9.97 Å². The van der Waals surface area contributed by atoms with Crippen LogP contribution in [0.1, 0.15) is 34.5 Å². The highest BCUT2D eigenvalue weighted by atomic mass is 79.9. The van der Waals surface area contributed by atoms with E-state index in [-0.39, 0.29) is 6.61 Å². The van der Waals surface area contributed by atoms with E-state index >= 15 is 0 Å². The molecule has 5 rings (SSSR count). The van der Waals surface area contributed by atoms with Gasteiger partial charge >= 0.3 is 5.97 Å². The molecule has 0 atom stereocenters. The minimum Gasteiger partial charge on any atom is -0.452 e. The number of aromatic nitrogens is 2. The van der Waals surface area contributed by atoms with E-state index in [9.17, 15) is 9.59 Å². The van der Waals surface area contributed by atoms with E-state index in [1.807, 2.05) is 53.9 Å². The lowest BCUT2D eigenvalue weighted by Crippen LogP contribution is -2.22. The van der Waals surface area contributed by atoms with Crippen LogP contribution in [0.15, 0.2) is 58.4 Å². The number of carbonyl (C=O) groups is 2. The molecule has 2 aromatic heterocycles. The molecule has 0 fully saturated rings. The van der Waals surface area contributed by atoms with E-state index in [1.54, 1.807) is 0 Å². The van der Waals surface area contributed by atoms with Crippen LogP contribution in [0.5, 0.6) is 0 Å². The summed E-state index contributed by atoms with van der Waals surface area (Å²) in [7, 11) is 0. The zero-order valence-electron chi connectivity index (χ0n) is 17.6. The van der Waals surface area contributed by atoms with Crippen LogP contribution >= 0.6 is 27.3 Å². The van der Waals surface area contributed by atoms with E-state index in [1.165, 1.54) is 11.3 Å². The summed E-state index contributed by atoms with van der Waals surface area (Å²) in [6.45, 7) is -0.378. The van der Waals surface area contributed by atoms with E-state index < -0.39 is 11.9 Å². The molecule has 2 aromatic carbocycles. The van der Waals surface area contributed by atoms with Gasteiger partial charge in [0.05, 0.1) is 16.8 Å². The number of esters is 1. The van der Waals surface area contributed by atoms with Gasteiger partial charge in [-0.1, -0.05) is 46.3 Å². The molecular formula is C25H20BrN3O3S. The predicted octanol–water partition coefficient (Wildman–Crippen LogP) is 5.80. The lowest BCUT2D eigenvalue weighted by Gasteiger charge is -2.19. The number of hydrogen-bond acceptors (Lipinski definition) is 6. The quantitative estimate of drug-likeness (QED) is 0.336. The molecule has 8 heteroatoms. The minimum atomic E-state index is -0.489. The first-order valence-corrected chi connectivity index (χ1v) is 12.3. The van der Waals surface area contributed by atoms with Crippen molar-refractivity contribution in [3.63, 3.8) is 0 Å². The lowest BCUT2D eigenvalue weighted by atomic mass is 9.90. The fraction of sp³-hybridized carbons (Fsp3) is 0.200. The zero-order chi connectivity index (χ0) is 22.8. The fourth-order valence-electron chi connectivity index (χ4n) is 4.05. The van der Waals surface area contributed by atoms with Gasteiger partial charge in [-0.05, 0) is 49.4 Å². The standard InChI is InChI=1S/C25H20BrN3O3S/c26-16-11-9-15(10-12-16)21-14-33-25(28-21)29-22(30)13-32-24(31)23-17-5-1-3-7-19(17)27-20-8-4-2-6-18(20)23/h1,3,5,7,9-12,14H,2,4,6,8,13H2,(H,28,29,30). The van der Waals surface area contributed by atoms with Gasteiger partial charge in [-0.25, -0.2) is 9.78 Å². The summed E-state index contributed by atoms with van der Waals surface area (Å²) in [5.41, 5.74) is 4.95. The summed E-state index contributed by atoms with van der Waals surface area (Å²) in [5.74, 6) is -0.913. The molecule has 4 aromatic rings. The first-order chi connectivity index (χ1) is 16.1. The number of thiazole rings is 1. The number of halogens is 1. The van der Waals surface area contributed by atoms with Gasteiger partial charge in [0.1, 0.15) is 0 Å². The number of fused-ring (bicyclic) bond motifs is 2. The van der Waals surface area contributed by atoms with Crippen molar-refractivity contribution >= 4 is 55.2 Å². The average molecular weight is 522 g/mol. The summed E-state index contributed by atoms with van der Waals surface area (Å²) in [4.78, 5) is 34.7. The predicted molar refractivity (Wildman–Crippen MR) is 133 cm³/mol. The summed E-state index contributed by atoms with van der Waals surface area (Å²) < 4.78 is 6.42. The Hall–Kier alpha value is -3.10. The third-order valence-electron chi connectivity index (χ3n) is 5.60. The summed E-state index contributed by atoms with van der Waals surface area (Å²) >= 11 is 4.74. The number of aryl methyl sites for hydroxylation is 1.